The topological polar surface area (TPSA) is 75.6 Å². The molecule has 0 aliphatic carbocycles. The number of aliphatic hydroxyl groups is 1. The van der Waals surface area contributed by atoms with E-state index in [1.54, 1.807) is 31.2 Å². The summed E-state index contributed by atoms with van der Waals surface area (Å²) in [6, 6.07) is 6.70. The molecule has 1 fully saturated rings. The van der Waals surface area contributed by atoms with Crippen LogP contribution >= 0.6 is 0 Å². The van der Waals surface area contributed by atoms with Crippen LogP contribution in [0.2, 0.25) is 0 Å². The Bertz CT molecular complexity index is 504. The lowest BCUT2D eigenvalue weighted by Gasteiger charge is -2.12. The van der Waals surface area contributed by atoms with Crippen LogP contribution in [0.25, 0.3) is 0 Å². The third kappa shape index (κ3) is 4.19. The maximum atomic E-state index is 11.9. The second-order valence-electron chi connectivity index (χ2n) is 4.82. The Balaban J connectivity index is 1.98. The molecule has 1 aliphatic rings. The fraction of sp³-hybridized carbons (Fsp3) is 0.538. The minimum atomic E-state index is -3.39. The van der Waals surface area contributed by atoms with Crippen LogP contribution in [0, 0.1) is 0 Å². The molecular weight excluding hydrogens is 266 g/mol. The number of sulfonamides is 1. The molecule has 6 heteroatoms. The molecule has 0 bridgehead atoms. The van der Waals surface area contributed by atoms with Crippen molar-refractivity contribution in [1.82, 2.24) is 0 Å². The standard InChI is InChI=1S/C13H19NO4S/c1-10(15)11-4-6-12(7-5-11)14-19(16,17)9-13-3-2-8-18-13/h4-7,10,13-15H,2-3,8-9H2,1H3. The van der Waals surface area contributed by atoms with Gasteiger partial charge >= 0.3 is 0 Å². The summed E-state index contributed by atoms with van der Waals surface area (Å²) in [6.45, 7) is 2.31. The van der Waals surface area contributed by atoms with Gasteiger partial charge < -0.3 is 9.84 Å². The summed E-state index contributed by atoms with van der Waals surface area (Å²) < 4.78 is 31.7. The summed E-state index contributed by atoms with van der Waals surface area (Å²) in [5.41, 5.74) is 1.25. The van der Waals surface area contributed by atoms with E-state index in [4.69, 9.17) is 4.74 Å². The van der Waals surface area contributed by atoms with Gasteiger partial charge in [0.1, 0.15) is 0 Å². The molecule has 2 unspecified atom stereocenters. The van der Waals surface area contributed by atoms with Crippen LogP contribution in [0.15, 0.2) is 24.3 Å². The summed E-state index contributed by atoms with van der Waals surface area (Å²) >= 11 is 0. The molecule has 1 saturated heterocycles. The first kappa shape index (κ1) is 14.3. The smallest absolute Gasteiger partial charge is 0.235 e. The van der Waals surface area contributed by atoms with E-state index < -0.39 is 16.1 Å². The highest BCUT2D eigenvalue weighted by Crippen LogP contribution is 2.18. The van der Waals surface area contributed by atoms with Crippen LogP contribution < -0.4 is 4.72 Å². The van der Waals surface area contributed by atoms with Gasteiger partial charge in [0.2, 0.25) is 10.0 Å². The van der Waals surface area contributed by atoms with Gasteiger partial charge in [0, 0.05) is 12.3 Å². The van der Waals surface area contributed by atoms with Crippen molar-refractivity contribution in [2.45, 2.75) is 32.0 Å². The van der Waals surface area contributed by atoms with E-state index >= 15 is 0 Å². The number of rotatable bonds is 5. The largest absolute Gasteiger partial charge is 0.389 e. The average molecular weight is 285 g/mol. The molecule has 1 aromatic carbocycles. The molecule has 0 amide bonds. The molecule has 19 heavy (non-hydrogen) atoms. The molecule has 0 saturated carbocycles. The van der Waals surface area contributed by atoms with E-state index in [1.165, 1.54) is 0 Å². The van der Waals surface area contributed by atoms with Gasteiger partial charge in [-0.25, -0.2) is 8.42 Å². The lowest BCUT2D eigenvalue weighted by atomic mass is 10.1. The molecule has 2 atom stereocenters. The third-order valence-electron chi connectivity index (χ3n) is 3.10. The number of hydrogen-bond donors (Lipinski definition) is 2. The van der Waals surface area contributed by atoms with Crippen molar-refractivity contribution in [3.05, 3.63) is 29.8 Å². The van der Waals surface area contributed by atoms with Gasteiger partial charge in [-0.05, 0) is 37.5 Å². The first-order valence-corrected chi connectivity index (χ1v) is 8.01. The number of aliphatic hydroxyl groups excluding tert-OH is 1. The van der Waals surface area contributed by atoms with Gasteiger partial charge in [0.15, 0.2) is 0 Å². The summed E-state index contributed by atoms with van der Waals surface area (Å²) in [7, 11) is -3.39. The van der Waals surface area contributed by atoms with E-state index in [-0.39, 0.29) is 11.9 Å². The highest BCUT2D eigenvalue weighted by Gasteiger charge is 2.23. The maximum Gasteiger partial charge on any atom is 0.235 e. The number of anilines is 1. The molecular formula is C13H19NO4S. The quantitative estimate of drug-likeness (QED) is 0.862. The van der Waals surface area contributed by atoms with Gasteiger partial charge in [-0.2, -0.15) is 0 Å². The van der Waals surface area contributed by atoms with E-state index in [0.29, 0.717) is 12.3 Å². The van der Waals surface area contributed by atoms with Crippen LogP contribution in [0.4, 0.5) is 5.69 Å². The van der Waals surface area contributed by atoms with E-state index in [9.17, 15) is 13.5 Å². The van der Waals surface area contributed by atoms with Crippen molar-refractivity contribution in [2.24, 2.45) is 0 Å². The molecule has 0 aromatic heterocycles. The van der Waals surface area contributed by atoms with Gasteiger partial charge in [0.25, 0.3) is 0 Å². The second-order valence-corrected chi connectivity index (χ2v) is 6.58. The molecule has 2 rings (SSSR count). The molecule has 1 aliphatic heterocycles. The Morgan fingerprint density at radius 3 is 2.63 bits per heavy atom. The molecule has 2 N–H and O–H groups in total. The van der Waals surface area contributed by atoms with Gasteiger partial charge in [0.05, 0.1) is 18.0 Å². The van der Waals surface area contributed by atoms with Crippen molar-refractivity contribution >= 4 is 15.7 Å². The predicted molar refractivity (Wildman–Crippen MR) is 73.5 cm³/mol. The highest BCUT2D eigenvalue weighted by molar-refractivity contribution is 7.92. The van der Waals surface area contributed by atoms with Crippen LogP contribution in [-0.4, -0.2) is 32.0 Å². The van der Waals surface area contributed by atoms with Crippen molar-refractivity contribution in [3.8, 4) is 0 Å². The average Bonchev–Trinajstić information content (AvgIpc) is 2.81. The first-order valence-electron chi connectivity index (χ1n) is 6.36. The lowest BCUT2D eigenvalue weighted by Crippen LogP contribution is -2.25. The zero-order chi connectivity index (χ0) is 13.9. The summed E-state index contributed by atoms with van der Waals surface area (Å²) in [6.07, 6.45) is 0.956. The van der Waals surface area contributed by atoms with Crippen LogP contribution in [0.5, 0.6) is 0 Å². The van der Waals surface area contributed by atoms with Gasteiger partial charge in [-0.3, -0.25) is 4.72 Å². The summed E-state index contributed by atoms with van der Waals surface area (Å²) in [5.74, 6) is -0.00878. The molecule has 0 radical (unpaired) electrons. The zero-order valence-corrected chi connectivity index (χ0v) is 11.7. The Kier molecular flexibility index (Phi) is 4.44. The number of ether oxygens (including phenoxy) is 1. The van der Waals surface area contributed by atoms with Crippen molar-refractivity contribution in [1.29, 1.82) is 0 Å². The zero-order valence-electron chi connectivity index (χ0n) is 10.9. The highest BCUT2D eigenvalue weighted by atomic mass is 32.2. The number of benzene rings is 1. The Labute approximate surface area is 113 Å². The first-order chi connectivity index (χ1) is 8.96. The third-order valence-corrected chi connectivity index (χ3v) is 4.45. The van der Waals surface area contributed by atoms with E-state index in [0.717, 1.165) is 18.4 Å². The van der Waals surface area contributed by atoms with E-state index in [1.807, 2.05) is 0 Å². The van der Waals surface area contributed by atoms with Crippen LogP contribution in [0.1, 0.15) is 31.4 Å². The monoisotopic (exact) mass is 285 g/mol. The van der Waals surface area contributed by atoms with Crippen LogP contribution in [0.3, 0.4) is 0 Å². The summed E-state index contributed by atoms with van der Waals surface area (Å²) in [5, 5.41) is 9.38. The Morgan fingerprint density at radius 1 is 1.42 bits per heavy atom. The molecule has 1 aromatic rings. The normalized spacial score (nSPS) is 21.3. The van der Waals surface area contributed by atoms with Crippen LogP contribution in [-0.2, 0) is 14.8 Å². The fourth-order valence-electron chi connectivity index (χ4n) is 2.07. The minimum absolute atomic E-state index is 0.00878. The molecule has 106 valence electrons. The Morgan fingerprint density at radius 2 is 2.11 bits per heavy atom. The second kappa shape index (κ2) is 5.90. The van der Waals surface area contributed by atoms with Crippen molar-refractivity contribution in [3.63, 3.8) is 0 Å². The molecule has 5 nitrogen and oxygen atoms in total. The van der Waals surface area contributed by atoms with Crippen molar-refractivity contribution in [2.75, 3.05) is 17.1 Å². The Hall–Kier alpha value is -1.11. The van der Waals surface area contributed by atoms with Crippen molar-refractivity contribution < 1.29 is 18.3 Å². The van der Waals surface area contributed by atoms with E-state index in [2.05, 4.69) is 4.72 Å². The maximum absolute atomic E-state index is 11.9. The lowest BCUT2D eigenvalue weighted by molar-refractivity contribution is 0.127. The van der Waals surface area contributed by atoms with Gasteiger partial charge in [-0.1, -0.05) is 12.1 Å². The number of hydrogen-bond acceptors (Lipinski definition) is 4. The minimum Gasteiger partial charge on any atom is -0.389 e. The van der Waals surface area contributed by atoms with Gasteiger partial charge in [-0.15, -0.1) is 0 Å². The predicted octanol–water partition coefficient (Wildman–Crippen LogP) is 1.66. The summed E-state index contributed by atoms with van der Waals surface area (Å²) in [4.78, 5) is 0. The number of nitrogens with one attached hydrogen (secondary N) is 1. The molecule has 1 heterocycles. The fourth-order valence-corrected chi connectivity index (χ4v) is 3.40. The molecule has 0 spiro atoms. The SMILES string of the molecule is CC(O)c1ccc(NS(=O)(=O)CC2CCCO2)cc1.